The number of anilines is 1. The molecule has 110 valence electrons. The highest BCUT2D eigenvalue weighted by Gasteiger charge is 2.05. The van der Waals surface area contributed by atoms with Crippen LogP contribution >= 0.6 is 11.8 Å². The van der Waals surface area contributed by atoms with Crippen molar-refractivity contribution >= 4 is 23.4 Å². The molecule has 0 atom stereocenters. The Morgan fingerprint density at radius 1 is 1.10 bits per heavy atom. The minimum atomic E-state index is -0.281. The molecule has 0 saturated carbocycles. The molecule has 3 nitrogen and oxygen atoms in total. The van der Waals surface area contributed by atoms with E-state index in [0.717, 1.165) is 12.2 Å². The van der Waals surface area contributed by atoms with Crippen molar-refractivity contribution < 1.29 is 9.53 Å². The lowest BCUT2D eigenvalue weighted by molar-refractivity contribution is 0.0526. The number of thioether (sulfide) groups is 1. The van der Waals surface area contributed by atoms with E-state index in [1.165, 1.54) is 10.5 Å². The second-order valence-electron chi connectivity index (χ2n) is 4.50. The Bertz CT molecular complexity index is 579. The van der Waals surface area contributed by atoms with E-state index in [1.807, 2.05) is 12.1 Å². The summed E-state index contributed by atoms with van der Waals surface area (Å²) in [6.07, 6.45) is 2.07. The fraction of sp³-hybridized carbons (Fsp3) is 0.235. The number of carbonyl (C=O) groups excluding carboxylic acids is 1. The second-order valence-corrected chi connectivity index (χ2v) is 5.38. The predicted molar refractivity (Wildman–Crippen MR) is 87.9 cm³/mol. The van der Waals surface area contributed by atoms with Gasteiger partial charge in [-0.15, -0.1) is 11.8 Å². The van der Waals surface area contributed by atoms with Crippen LogP contribution in [0.25, 0.3) is 0 Å². The summed E-state index contributed by atoms with van der Waals surface area (Å²) in [7, 11) is 0. The minimum absolute atomic E-state index is 0.281. The Labute approximate surface area is 129 Å². The van der Waals surface area contributed by atoms with Crippen molar-refractivity contribution in [2.75, 3.05) is 18.2 Å². The van der Waals surface area contributed by atoms with Crippen molar-refractivity contribution in [3.05, 3.63) is 59.7 Å². The average molecular weight is 301 g/mol. The van der Waals surface area contributed by atoms with Crippen molar-refractivity contribution in [3.63, 3.8) is 0 Å². The number of ether oxygens (including phenoxy) is 1. The Morgan fingerprint density at radius 2 is 1.76 bits per heavy atom. The van der Waals surface area contributed by atoms with Gasteiger partial charge >= 0.3 is 5.97 Å². The van der Waals surface area contributed by atoms with Crippen LogP contribution in [0.2, 0.25) is 0 Å². The van der Waals surface area contributed by atoms with Crippen molar-refractivity contribution in [1.82, 2.24) is 0 Å². The summed E-state index contributed by atoms with van der Waals surface area (Å²) in [5.41, 5.74) is 2.78. The van der Waals surface area contributed by atoms with Crippen LogP contribution in [0.4, 0.5) is 5.69 Å². The van der Waals surface area contributed by atoms with Gasteiger partial charge in [0, 0.05) is 17.1 Å². The fourth-order valence-electron chi connectivity index (χ4n) is 1.89. The SMILES string of the molecule is CCOC(=O)c1ccc(NCc2ccc(SC)cc2)cc1. The maximum absolute atomic E-state index is 11.6. The van der Waals surface area contributed by atoms with E-state index in [1.54, 1.807) is 30.8 Å². The zero-order valence-electron chi connectivity index (χ0n) is 12.3. The van der Waals surface area contributed by atoms with Gasteiger partial charge in [-0.25, -0.2) is 4.79 Å². The van der Waals surface area contributed by atoms with Crippen LogP contribution in [0, 0.1) is 0 Å². The summed E-state index contributed by atoms with van der Waals surface area (Å²) >= 11 is 1.74. The summed E-state index contributed by atoms with van der Waals surface area (Å²) in [4.78, 5) is 12.8. The summed E-state index contributed by atoms with van der Waals surface area (Å²) in [5.74, 6) is -0.281. The third-order valence-electron chi connectivity index (χ3n) is 3.05. The van der Waals surface area contributed by atoms with Gasteiger partial charge in [0.1, 0.15) is 0 Å². The molecule has 0 bridgehead atoms. The first-order valence-electron chi connectivity index (χ1n) is 6.87. The molecular weight excluding hydrogens is 282 g/mol. The van der Waals surface area contributed by atoms with Crippen LogP contribution in [0.3, 0.4) is 0 Å². The Kier molecular flexibility index (Phi) is 5.69. The van der Waals surface area contributed by atoms with Crippen molar-refractivity contribution in [2.45, 2.75) is 18.4 Å². The first kappa shape index (κ1) is 15.4. The van der Waals surface area contributed by atoms with Gasteiger partial charge in [-0.1, -0.05) is 12.1 Å². The van der Waals surface area contributed by atoms with E-state index >= 15 is 0 Å². The van der Waals surface area contributed by atoms with Crippen LogP contribution in [0.15, 0.2) is 53.4 Å². The van der Waals surface area contributed by atoms with Crippen LogP contribution in [0.1, 0.15) is 22.8 Å². The highest BCUT2D eigenvalue weighted by molar-refractivity contribution is 7.98. The van der Waals surface area contributed by atoms with E-state index in [4.69, 9.17) is 4.74 Å². The predicted octanol–water partition coefficient (Wildman–Crippen LogP) is 4.20. The largest absolute Gasteiger partial charge is 0.462 e. The molecule has 1 N–H and O–H groups in total. The Morgan fingerprint density at radius 3 is 2.33 bits per heavy atom. The number of benzene rings is 2. The summed E-state index contributed by atoms with van der Waals surface area (Å²) in [6, 6.07) is 15.8. The van der Waals surface area contributed by atoms with Crippen LogP contribution in [0.5, 0.6) is 0 Å². The van der Waals surface area contributed by atoms with E-state index in [2.05, 4.69) is 35.8 Å². The molecule has 0 spiro atoms. The van der Waals surface area contributed by atoms with Gasteiger partial charge in [0.15, 0.2) is 0 Å². The number of nitrogens with one attached hydrogen (secondary N) is 1. The Hall–Kier alpha value is -1.94. The molecule has 0 amide bonds. The molecule has 0 fully saturated rings. The fourth-order valence-corrected chi connectivity index (χ4v) is 2.29. The molecule has 2 aromatic rings. The van der Waals surface area contributed by atoms with E-state index in [-0.39, 0.29) is 5.97 Å². The third kappa shape index (κ3) is 4.53. The number of carbonyl (C=O) groups is 1. The number of rotatable bonds is 6. The molecule has 0 saturated heterocycles. The monoisotopic (exact) mass is 301 g/mol. The van der Waals surface area contributed by atoms with Gasteiger partial charge in [0.25, 0.3) is 0 Å². The first-order valence-corrected chi connectivity index (χ1v) is 8.09. The molecule has 2 aromatic carbocycles. The maximum atomic E-state index is 11.6. The van der Waals surface area contributed by atoms with Crippen LogP contribution in [-0.4, -0.2) is 18.8 Å². The minimum Gasteiger partial charge on any atom is -0.462 e. The molecule has 21 heavy (non-hydrogen) atoms. The zero-order chi connectivity index (χ0) is 15.1. The molecule has 0 radical (unpaired) electrons. The molecule has 0 heterocycles. The summed E-state index contributed by atoms with van der Waals surface area (Å²) in [6.45, 7) is 2.95. The lowest BCUT2D eigenvalue weighted by Crippen LogP contribution is -2.05. The summed E-state index contributed by atoms with van der Waals surface area (Å²) < 4.78 is 4.96. The van der Waals surface area contributed by atoms with Crippen molar-refractivity contribution in [2.24, 2.45) is 0 Å². The highest BCUT2D eigenvalue weighted by atomic mass is 32.2. The third-order valence-corrected chi connectivity index (χ3v) is 3.80. The van der Waals surface area contributed by atoms with Gasteiger partial charge in [-0.2, -0.15) is 0 Å². The maximum Gasteiger partial charge on any atom is 0.338 e. The van der Waals surface area contributed by atoms with E-state index < -0.39 is 0 Å². The average Bonchev–Trinajstić information content (AvgIpc) is 2.54. The number of hydrogen-bond acceptors (Lipinski definition) is 4. The van der Waals surface area contributed by atoms with Gasteiger partial charge in [-0.3, -0.25) is 0 Å². The summed E-state index contributed by atoms with van der Waals surface area (Å²) in [5, 5.41) is 3.34. The molecule has 0 aliphatic heterocycles. The molecule has 0 aliphatic carbocycles. The molecule has 2 rings (SSSR count). The lowest BCUT2D eigenvalue weighted by Gasteiger charge is -2.08. The normalized spacial score (nSPS) is 10.2. The topological polar surface area (TPSA) is 38.3 Å². The highest BCUT2D eigenvalue weighted by Crippen LogP contribution is 2.16. The molecule has 0 aromatic heterocycles. The molecule has 0 unspecified atom stereocenters. The van der Waals surface area contributed by atoms with Crippen molar-refractivity contribution in [1.29, 1.82) is 0 Å². The molecular formula is C17H19NO2S. The van der Waals surface area contributed by atoms with E-state index in [9.17, 15) is 4.79 Å². The molecule has 0 aliphatic rings. The second kappa shape index (κ2) is 7.74. The van der Waals surface area contributed by atoms with Gasteiger partial charge in [0.05, 0.1) is 12.2 Å². The smallest absolute Gasteiger partial charge is 0.338 e. The van der Waals surface area contributed by atoms with Crippen LogP contribution < -0.4 is 5.32 Å². The standard InChI is InChI=1S/C17H19NO2S/c1-3-20-17(19)14-6-8-15(9-7-14)18-12-13-4-10-16(21-2)11-5-13/h4-11,18H,3,12H2,1-2H3. The van der Waals surface area contributed by atoms with Gasteiger partial charge in [-0.05, 0) is 55.1 Å². The van der Waals surface area contributed by atoms with Crippen LogP contribution in [-0.2, 0) is 11.3 Å². The number of esters is 1. The lowest BCUT2D eigenvalue weighted by atomic mass is 10.2. The van der Waals surface area contributed by atoms with Gasteiger partial charge in [0.2, 0.25) is 0 Å². The van der Waals surface area contributed by atoms with Crippen molar-refractivity contribution in [3.8, 4) is 0 Å². The number of hydrogen-bond donors (Lipinski definition) is 1. The quantitative estimate of drug-likeness (QED) is 0.641. The first-order chi connectivity index (χ1) is 10.2. The zero-order valence-corrected chi connectivity index (χ0v) is 13.1. The molecule has 4 heteroatoms. The van der Waals surface area contributed by atoms with Gasteiger partial charge < -0.3 is 10.1 Å². The van der Waals surface area contributed by atoms with E-state index in [0.29, 0.717) is 12.2 Å². The Balaban J connectivity index is 1.92.